The molecule has 0 saturated carbocycles. The van der Waals surface area contributed by atoms with Gasteiger partial charge >= 0.3 is 7.05 Å². The zero-order valence-electron chi connectivity index (χ0n) is 9.59. The number of hydrogen-bond donors (Lipinski definition) is 2. The first-order valence-corrected chi connectivity index (χ1v) is 4.93. The molecule has 0 spiro atoms. The third kappa shape index (κ3) is 1.79. The average Bonchev–Trinajstić information content (AvgIpc) is 2.20. The second kappa shape index (κ2) is 3.24. The molecule has 5 heteroatoms. The molecule has 1 atom stereocenters. The van der Waals surface area contributed by atoms with Crippen molar-refractivity contribution in [3.05, 3.63) is 0 Å². The molecule has 0 aromatic rings. The van der Waals surface area contributed by atoms with E-state index in [4.69, 9.17) is 0 Å². The van der Waals surface area contributed by atoms with E-state index in [-0.39, 0.29) is 11.4 Å². The standard InChI is InChI=1S/C9H19BN2O2/c1-8(2)6-9(3,7(13)11-8)12(5)10(4)14/h14H,6H2,1-5H3,(H,11,13). The highest BCUT2D eigenvalue weighted by Gasteiger charge is 2.50. The van der Waals surface area contributed by atoms with E-state index in [9.17, 15) is 9.82 Å². The van der Waals surface area contributed by atoms with Crippen molar-refractivity contribution in [1.82, 2.24) is 10.1 Å². The van der Waals surface area contributed by atoms with Gasteiger partial charge in [0.1, 0.15) is 0 Å². The maximum absolute atomic E-state index is 11.8. The van der Waals surface area contributed by atoms with Gasteiger partial charge in [0, 0.05) is 5.54 Å². The highest BCUT2D eigenvalue weighted by atomic mass is 16.2. The second-order valence-corrected chi connectivity index (χ2v) is 5.03. The molecule has 1 aliphatic heterocycles. The molecule has 2 N–H and O–H groups in total. The minimum absolute atomic E-state index is 0.00843. The Hall–Kier alpha value is -0.545. The molecular formula is C9H19BN2O2. The Bertz CT molecular complexity index is 255. The first-order chi connectivity index (χ1) is 6.19. The van der Waals surface area contributed by atoms with Crippen LogP contribution in [0.25, 0.3) is 0 Å². The fourth-order valence-electron chi connectivity index (χ4n) is 2.12. The Kier molecular flexibility index (Phi) is 2.67. The summed E-state index contributed by atoms with van der Waals surface area (Å²) < 4.78 is 0. The van der Waals surface area contributed by atoms with Crippen LogP contribution >= 0.6 is 0 Å². The van der Waals surface area contributed by atoms with Crippen molar-refractivity contribution < 1.29 is 9.82 Å². The van der Waals surface area contributed by atoms with Gasteiger partial charge < -0.3 is 15.2 Å². The summed E-state index contributed by atoms with van der Waals surface area (Å²) in [5.74, 6) is -0.00843. The van der Waals surface area contributed by atoms with Crippen molar-refractivity contribution in [3.63, 3.8) is 0 Å². The van der Waals surface area contributed by atoms with Crippen molar-refractivity contribution in [3.8, 4) is 0 Å². The third-order valence-corrected chi connectivity index (χ3v) is 3.07. The SMILES string of the molecule is CB(O)N(C)C1(C)CC(C)(C)NC1=O. The lowest BCUT2D eigenvalue weighted by molar-refractivity contribution is -0.126. The van der Waals surface area contributed by atoms with Gasteiger partial charge in [-0.3, -0.25) is 4.79 Å². The van der Waals surface area contributed by atoms with Crippen molar-refractivity contribution in [2.24, 2.45) is 0 Å². The summed E-state index contributed by atoms with van der Waals surface area (Å²) in [7, 11) is 1.16. The first kappa shape index (κ1) is 11.5. The summed E-state index contributed by atoms with van der Waals surface area (Å²) in [6, 6.07) is 0. The van der Waals surface area contributed by atoms with Crippen LogP contribution in [0.3, 0.4) is 0 Å². The lowest BCUT2D eigenvalue weighted by atomic mass is 9.77. The van der Waals surface area contributed by atoms with Crippen molar-refractivity contribution in [1.29, 1.82) is 0 Å². The highest BCUT2D eigenvalue weighted by Crippen LogP contribution is 2.32. The van der Waals surface area contributed by atoms with Crippen LogP contribution in [0.1, 0.15) is 27.2 Å². The lowest BCUT2D eigenvalue weighted by Gasteiger charge is -2.34. The number of carbonyl (C=O) groups excluding carboxylic acids is 1. The topological polar surface area (TPSA) is 52.6 Å². The minimum Gasteiger partial charge on any atom is -0.437 e. The van der Waals surface area contributed by atoms with Gasteiger partial charge in [-0.25, -0.2) is 0 Å². The fraction of sp³-hybridized carbons (Fsp3) is 0.889. The number of nitrogens with one attached hydrogen (secondary N) is 1. The van der Waals surface area contributed by atoms with Crippen LogP contribution in [-0.2, 0) is 4.79 Å². The summed E-state index contributed by atoms with van der Waals surface area (Å²) >= 11 is 0. The second-order valence-electron chi connectivity index (χ2n) is 5.03. The smallest absolute Gasteiger partial charge is 0.377 e. The quantitative estimate of drug-likeness (QED) is 0.618. The Morgan fingerprint density at radius 1 is 1.50 bits per heavy atom. The number of nitrogens with zero attached hydrogens (tertiary/aromatic N) is 1. The fourth-order valence-corrected chi connectivity index (χ4v) is 2.12. The molecule has 1 fully saturated rings. The van der Waals surface area contributed by atoms with Crippen LogP contribution in [0.5, 0.6) is 0 Å². The van der Waals surface area contributed by atoms with Gasteiger partial charge in [0.2, 0.25) is 5.91 Å². The minimum atomic E-state index is -0.611. The van der Waals surface area contributed by atoms with E-state index in [1.165, 1.54) is 0 Å². The van der Waals surface area contributed by atoms with Gasteiger partial charge in [-0.1, -0.05) is 0 Å². The van der Waals surface area contributed by atoms with E-state index in [1.54, 1.807) is 18.7 Å². The predicted molar refractivity (Wildman–Crippen MR) is 56.8 cm³/mol. The summed E-state index contributed by atoms with van der Waals surface area (Å²) in [5, 5.41) is 12.4. The molecule has 1 rings (SSSR count). The first-order valence-electron chi connectivity index (χ1n) is 4.93. The number of hydrogen-bond acceptors (Lipinski definition) is 3. The molecule has 0 bridgehead atoms. The molecule has 1 aliphatic rings. The molecule has 0 aromatic heterocycles. The van der Waals surface area contributed by atoms with Crippen LogP contribution < -0.4 is 5.32 Å². The van der Waals surface area contributed by atoms with Gasteiger partial charge in [0.25, 0.3) is 0 Å². The Labute approximate surface area is 85.8 Å². The van der Waals surface area contributed by atoms with E-state index < -0.39 is 12.6 Å². The monoisotopic (exact) mass is 198 g/mol. The normalized spacial score (nSPS) is 30.6. The van der Waals surface area contributed by atoms with E-state index in [2.05, 4.69) is 5.32 Å². The van der Waals surface area contributed by atoms with Gasteiger partial charge in [0.05, 0.1) is 5.54 Å². The molecule has 80 valence electrons. The summed E-state index contributed by atoms with van der Waals surface area (Å²) in [4.78, 5) is 13.5. The molecule has 0 aliphatic carbocycles. The molecule has 1 saturated heterocycles. The van der Waals surface area contributed by atoms with Crippen molar-refractivity contribution in [2.45, 2.75) is 45.1 Å². The van der Waals surface area contributed by atoms with Crippen LogP contribution in [0, 0.1) is 0 Å². The molecule has 0 aromatic carbocycles. The predicted octanol–water partition coefficient (Wildman–Crippen LogP) is 0.0857. The Balaban J connectivity index is 2.91. The van der Waals surface area contributed by atoms with Crippen LogP contribution in [0.15, 0.2) is 0 Å². The maximum Gasteiger partial charge on any atom is 0.377 e. The molecule has 1 heterocycles. The zero-order chi connectivity index (χ0) is 11.1. The van der Waals surface area contributed by atoms with Gasteiger partial charge in [-0.05, 0) is 41.1 Å². The molecule has 14 heavy (non-hydrogen) atoms. The van der Waals surface area contributed by atoms with Crippen LogP contribution in [0.4, 0.5) is 0 Å². The molecule has 4 nitrogen and oxygen atoms in total. The largest absolute Gasteiger partial charge is 0.437 e. The van der Waals surface area contributed by atoms with E-state index in [0.29, 0.717) is 6.42 Å². The summed E-state index contributed by atoms with van der Waals surface area (Å²) in [6.07, 6.45) is 0.709. The molecule has 1 amide bonds. The Morgan fingerprint density at radius 2 is 2.00 bits per heavy atom. The average molecular weight is 198 g/mol. The summed E-state index contributed by atoms with van der Waals surface area (Å²) in [5.41, 5.74) is -0.785. The van der Waals surface area contributed by atoms with E-state index in [1.807, 2.05) is 20.8 Å². The molecular weight excluding hydrogens is 179 g/mol. The Morgan fingerprint density at radius 3 is 2.29 bits per heavy atom. The maximum atomic E-state index is 11.8. The zero-order valence-corrected chi connectivity index (χ0v) is 9.59. The van der Waals surface area contributed by atoms with Gasteiger partial charge in [-0.2, -0.15) is 0 Å². The van der Waals surface area contributed by atoms with Crippen molar-refractivity contribution >= 4 is 13.0 Å². The highest BCUT2D eigenvalue weighted by molar-refractivity contribution is 6.46. The van der Waals surface area contributed by atoms with Gasteiger partial charge in [-0.15, -0.1) is 0 Å². The van der Waals surface area contributed by atoms with E-state index >= 15 is 0 Å². The number of rotatable bonds is 2. The number of likely N-dealkylation sites (N-methyl/N-ethyl adjacent to an activating group) is 1. The lowest BCUT2D eigenvalue weighted by Crippen LogP contribution is -2.55. The van der Waals surface area contributed by atoms with E-state index in [0.717, 1.165) is 0 Å². The number of carbonyl (C=O) groups is 1. The molecule has 0 radical (unpaired) electrons. The third-order valence-electron chi connectivity index (χ3n) is 3.07. The molecule has 1 unspecified atom stereocenters. The van der Waals surface area contributed by atoms with Crippen molar-refractivity contribution in [2.75, 3.05) is 7.05 Å². The van der Waals surface area contributed by atoms with Gasteiger partial charge in [0.15, 0.2) is 0 Å². The summed E-state index contributed by atoms with van der Waals surface area (Å²) in [6.45, 7) is 7.52. The van der Waals surface area contributed by atoms with Crippen LogP contribution in [0.2, 0.25) is 6.82 Å². The number of amides is 1. The van der Waals surface area contributed by atoms with Crippen LogP contribution in [-0.4, -0.2) is 40.9 Å².